The summed E-state index contributed by atoms with van der Waals surface area (Å²) in [4.78, 5) is 12.2. The molecule has 4 heteroatoms. The van der Waals surface area contributed by atoms with Crippen LogP contribution in [-0.4, -0.2) is 19.2 Å². The monoisotopic (exact) mass is 320 g/mol. The number of rotatable bonds is 4. The van der Waals surface area contributed by atoms with E-state index in [9.17, 15) is 9.18 Å². The molecule has 1 unspecified atom stereocenters. The average molecular weight is 320 g/mol. The Morgan fingerprint density at radius 3 is 2.65 bits per heavy atom. The van der Waals surface area contributed by atoms with Crippen LogP contribution < -0.4 is 4.74 Å². The molecule has 1 aliphatic heterocycles. The van der Waals surface area contributed by atoms with Gasteiger partial charge in [-0.15, -0.1) is 0 Å². The van der Waals surface area contributed by atoms with Crippen LogP contribution in [0, 0.1) is 24.6 Å². The molecule has 3 nitrogen and oxygen atoms in total. The minimum absolute atomic E-state index is 0.134. The van der Waals surface area contributed by atoms with Gasteiger partial charge in [0.2, 0.25) is 0 Å². The Morgan fingerprint density at radius 1 is 1.22 bits per heavy atom. The Morgan fingerprint density at radius 2 is 1.96 bits per heavy atom. The van der Waals surface area contributed by atoms with Gasteiger partial charge in [0.05, 0.1) is 12.0 Å². The molecule has 1 aromatic rings. The lowest BCUT2D eigenvalue weighted by Crippen LogP contribution is -2.29. The van der Waals surface area contributed by atoms with Gasteiger partial charge in [0.25, 0.3) is 0 Å². The molecule has 1 aromatic carbocycles. The normalized spacial score (nSPS) is 27.4. The van der Waals surface area contributed by atoms with Gasteiger partial charge >= 0.3 is 5.97 Å². The molecule has 0 spiro atoms. The summed E-state index contributed by atoms with van der Waals surface area (Å²) < 4.78 is 24.7. The number of aryl methyl sites for hydroxylation is 1. The molecule has 1 saturated carbocycles. The highest BCUT2D eigenvalue weighted by atomic mass is 19.1. The van der Waals surface area contributed by atoms with Crippen molar-refractivity contribution in [1.82, 2.24) is 0 Å². The molecule has 1 atom stereocenters. The average Bonchev–Trinajstić information content (AvgIpc) is 2.57. The zero-order valence-corrected chi connectivity index (χ0v) is 13.9. The van der Waals surface area contributed by atoms with Crippen LogP contribution in [0.4, 0.5) is 4.39 Å². The predicted octanol–water partition coefficient (Wildman–Crippen LogP) is 4.20. The van der Waals surface area contributed by atoms with E-state index in [1.807, 2.05) is 6.07 Å². The Hall–Kier alpha value is -1.42. The van der Waals surface area contributed by atoms with E-state index in [0.29, 0.717) is 24.0 Å². The molecule has 23 heavy (non-hydrogen) atoms. The molecule has 0 amide bonds. The third kappa shape index (κ3) is 3.57. The van der Waals surface area contributed by atoms with E-state index >= 15 is 0 Å². The molecule has 0 radical (unpaired) electrons. The number of ether oxygens (including phenoxy) is 2. The zero-order valence-electron chi connectivity index (χ0n) is 13.9. The summed E-state index contributed by atoms with van der Waals surface area (Å²) in [6, 6.07) is 3.65. The number of esters is 1. The highest BCUT2D eigenvalue weighted by Gasteiger charge is 2.31. The molecule has 126 valence electrons. The predicted molar refractivity (Wildman–Crippen MR) is 86.0 cm³/mol. The van der Waals surface area contributed by atoms with E-state index < -0.39 is 5.82 Å². The molecule has 1 heterocycles. The third-order valence-electron chi connectivity index (χ3n) is 5.42. The Kier molecular flexibility index (Phi) is 5.00. The van der Waals surface area contributed by atoms with E-state index in [2.05, 4.69) is 0 Å². The van der Waals surface area contributed by atoms with Crippen LogP contribution in [-0.2, 0) is 16.0 Å². The molecule has 1 fully saturated rings. The lowest BCUT2D eigenvalue weighted by Gasteiger charge is -2.29. The molecule has 0 saturated heterocycles. The minimum Gasteiger partial charge on any atom is -0.423 e. The summed E-state index contributed by atoms with van der Waals surface area (Å²) in [7, 11) is 1.78. The largest absolute Gasteiger partial charge is 0.423 e. The van der Waals surface area contributed by atoms with Gasteiger partial charge in [0.15, 0.2) is 11.6 Å². The number of methoxy groups -OCH3 is 1. The number of fused-ring (bicyclic) bond motifs is 1. The molecular formula is C19H25FO3. The summed E-state index contributed by atoms with van der Waals surface area (Å²) in [5.74, 6) is 0.0155. The maximum atomic E-state index is 14.0. The highest BCUT2D eigenvalue weighted by Crippen LogP contribution is 2.36. The number of carbonyl (C=O) groups excluding carboxylic acids is 1. The van der Waals surface area contributed by atoms with E-state index in [1.54, 1.807) is 20.1 Å². The van der Waals surface area contributed by atoms with E-state index in [-0.39, 0.29) is 17.6 Å². The second-order valence-corrected chi connectivity index (χ2v) is 6.96. The SMILES string of the molecule is COC1CCC(CCC2Cc3ccc(C)c(F)c3OC2=O)CC1. The molecule has 3 rings (SSSR count). The van der Waals surface area contributed by atoms with Gasteiger partial charge in [-0.2, -0.15) is 0 Å². The first-order valence-corrected chi connectivity index (χ1v) is 8.61. The first kappa shape index (κ1) is 16.4. The van der Waals surface area contributed by atoms with Crippen molar-refractivity contribution in [3.63, 3.8) is 0 Å². The van der Waals surface area contributed by atoms with Crippen molar-refractivity contribution < 1.29 is 18.7 Å². The van der Waals surface area contributed by atoms with Crippen LogP contribution in [0.2, 0.25) is 0 Å². The number of hydrogen-bond donors (Lipinski definition) is 0. The summed E-state index contributed by atoms with van der Waals surface area (Å²) in [5, 5.41) is 0. The minimum atomic E-state index is -0.396. The van der Waals surface area contributed by atoms with Crippen molar-refractivity contribution in [3.05, 3.63) is 29.1 Å². The Labute approximate surface area is 137 Å². The van der Waals surface area contributed by atoms with Gasteiger partial charge in [0, 0.05) is 7.11 Å². The van der Waals surface area contributed by atoms with Gasteiger partial charge in [-0.1, -0.05) is 12.1 Å². The van der Waals surface area contributed by atoms with Gasteiger partial charge in [-0.3, -0.25) is 4.79 Å². The van der Waals surface area contributed by atoms with Crippen molar-refractivity contribution in [3.8, 4) is 5.75 Å². The maximum Gasteiger partial charge on any atom is 0.314 e. The fraction of sp³-hybridized carbons (Fsp3) is 0.632. The molecule has 0 aromatic heterocycles. The first-order valence-electron chi connectivity index (χ1n) is 8.61. The van der Waals surface area contributed by atoms with Crippen LogP contribution in [0.25, 0.3) is 0 Å². The first-order chi connectivity index (χ1) is 11.1. The van der Waals surface area contributed by atoms with E-state index in [4.69, 9.17) is 9.47 Å². The van der Waals surface area contributed by atoms with Crippen LogP contribution in [0.5, 0.6) is 5.75 Å². The van der Waals surface area contributed by atoms with Crippen LogP contribution in [0.1, 0.15) is 49.7 Å². The third-order valence-corrected chi connectivity index (χ3v) is 5.42. The topological polar surface area (TPSA) is 35.5 Å². The molecule has 0 bridgehead atoms. The van der Waals surface area contributed by atoms with Gasteiger partial charge in [0.1, 0.15) is 0 Å². The number of hydrogen-bond acceptors (Lipinski definition) is 3. The smallest absolute Gasteiger partial charge is 0.314 e. The zero-order chi connectivity index (χ0) is 16.4. The standard InChI is InChI=1S/C19H25FO3/c1-12-3-7-14-11-15(19(21)23-18(14)17(12)20)8-4-13-5-9-16(22-2)10-6-13/h3,7,13,15-16H,4-6,8-11H2,1-2H3. The maximum absolute atomic E-state index is 14.0. The highest BCUT2D eigenvalue weighted by molar-refractivity contribution is 5.78. The van der Waals surface area contributed by atoms with Crippen LogP contribution in [0.15, 0.2) is 12.1 Å². The number of benzene rings is 1. The quantitative estimate of drug-likeness (QED) is 0.616. The lowest BCUT2D eigenvalue weighted by molar-refractivity contribution is -0.140. The van der Waals surface area contributed by atoms with Gasteiger partial charge < -0.3 is 9.47 Å². The lowest BCUT2D eigenvalue weighted by atomic mass is 9.81. The second-order valence-electron chi connectivity index (χ2n) is 6.96. The van der Waals surface area contributed by atoms with Crippen molar-refractivity contribution in [2.75, 3.05) is 7.11 Å². The Bertz CT molecular complexity index is 576. The van der Waals surface area contributed by atoms with Gasteiger partial charge in [-0.25, -0.2) is 4.39 Å². The van der Waals surface area contributed by atoms with Crippen molar-refractivity contribution >= 4 is 5.97 Å². The van der Waals surface area contributed by atoms with Crippen molar-refractivity contribution in [2.45, 2.75) is 58.0 Å². The molecule has 2 aliphatic rings. The van der Waals surface area contributed by atoms with Gasteiger partial charge in [-0.05, 0) is 68.9 Å². The Balaban J connectivity index is 1.57. The summed E-state index contributed by atoms with van der Waals surface area (Å²) in [5.41, 5.74) is 1.34. The molecular weight excluding hydrogens is 295 g/mol. The number of carbonyl (C=O) groups is 1. The fourth-order valence-electron chi connectivity index (χ4n) is 3.81. The summed E-state index contributed by atoms with van der Waals surface area (Å²) in [6.45, 7) is 1.69. The molecule has 1 aliphatic carbocycles. The van der Waals surface area contributed by atoms with Crippen molar-refractivity contribution in [2.24, 2.45) is 11.8 Å². The number of halogens is 1. The summed E-state index contributed by atoms with van der Waals surface area (Å²) in [6.07, 6.45) is 7.45. The molecule has 0 N–H and O–H groups in total. The second kappa shape index (κ2) is 7.00. The fourth-order valence-corrected chi connectivity index (χ4v) is 3.81. The van der Waals surface area contributed by atoms with E-state index in [0.717, 1.165) is 31.2 Å². The van der Waals surface area contributed by atoms with Crippen LogP contribution >= 0.6 is 0 Å². The van der Waals surface area contributed by atoms with E-state index in [1.165, 1.54) is 12.8 Å². The van der Waals surface area contributed by atoms with Crippen LogP contribution in [0.3, 0.4) is 0 Å². The summed E-state index contributed by atoms with van der Waals surface area (Å²) >= 11 is 0. The van der Waals surface area contributed by atoms with Crippen molar-refractivity contribution in [1.29, 1.82) is 0 Å².